The fraction of sp³-hybridized carbons (Fsp3) is 0.538. The van der Waals surface area contributed by atoms with Gasteiger partial charge in [-0.15, -0.1) is 0 Å². The minimum atomic E-state index is -0.177. The molecule has 0 fully saturated rings. The van der Waals surface area contributed by atoms with E-state index < -0.39 is 0 Å². The first-order valence-electron chi connectivity index (χ1n) is 5.91. The van der Waals surface area contributed by atoms with Crippen molar-refractivity contribution in [1.82, 2.24) is 5.32 Å². The molecule has 0 aliphatic rings. The highest BCUT2D eigenvalue weighted by Gasteiger charge is 2.00. The molecule has 1 aromatic rings. The maximum atomic E-state index is 12.7. The molecule has 0 saturated carbocycles. The summed E-state index contributed by atoms with van der Waals surface area (Å²) < 4.78 is 12.7. The van der Waals surface area contributed by atoms with E-state index in [4.69, 9.17) is 0 Å². The Labute approximate surface area is 97.5 Å². The number of benzene rings is 1. The molecule has 3 heteroatoms. The summed E-state index contributed by atoms with van der Waals surface area (Å²) in [6, 6.07) is 6.65. The highest BCUT2D eigenvalue weighted by Crippen LogP contribution is 2.13. The van der Waals surface area contributed by atoms with Gasteiger partial charge < -0.3 is 10.2 Å². The molecular formula is C13H21FN2. The van der Waals surface area contributed by atoms with Gasteiger partial charge in [0.25, 0.3) is 0 Å². The quantitative estimate of drug-likeness (QED) is 0.716. The van der Waals surface area contributed by atoms with E-state index in [9.17, 15) is 4.39 Å². The highest BCUT2D eigenvalue weighted by atomic mass is 19.1. The molecular weight excluding hydrogens is 203 g/mol. The molecule has 1 rings (SSSR count). The summed E-state index contributed by atoms with van der Waals surface area (Å²) in [5.41, 5.74) is 1.07. The topological polar surface area (TPSA) is 15.3 Å². The normalized spacial score (nSPS) is 10.4. The van der Waals surface area contributed by atoms with Gasteiger partial charge in [-0.3, -0.25) is 0 Å². The molecule has 0 atom stereocenters. The van der Waals surface area contributed by atoms with Crippen LogP contribution >= 0.6 is 0 Å². The van der Waals surface area contributed by atoms with Crippen molar-refractivity contribution in [2.24, 2.45) is 0 Å². The highest BCUT2D eigenvalue weighted by molar-refractivity contribution is 5.45. The zero-order chi connectivity index (χ0) is 11.8. The Kier molecular flexibility index (Phi) is 5.86. The zero-order valence-electron chi connectivity index (χ0n) is 10.2. The Morgan fingerprint density at radius 1 is 1.19 bits per heavy atom. The Balaban J connectivity index is 2.24. The summed E-state index contributed by atoms with van der Waals surface area (Å²) in [5, 5.41) is 3.30. The van der Waals surface area contributed by atoms with Gasteiger partial charge in [0.1, 0.15) is 5.82 Å². The smallest absolute Gasteiger partial charge is 0.123 e. The number of nitrogens with one attached hydrogen (secondary N) is 1. The van der Waals surface area contributed by atoms with Gasteiger partial charge >= 0.3 is 0 Å². The van der Waals surface area contributed by atoms with E-state index in [2.05, 4.69) is 17.1 Å². The van der Waals surface area contributed by atoms with Crippen LogP contribution in [0.5, 0.6) is 0 Å². The van der Waals surface area contributed by atoms with Gasteiger partial charge in [0, 0.05) is 19.3 Å². The van der Waals surface area contributed by atoms with Gasteiger partial charge in [-0.25, -0.2) is 4.39 Å². The lowest BCUT2D eigenvalue weighted by molar-refractivity contribution is 0.626. The van der Waals surface area contributed by atoms with Crippen molar-refractivity contribution in [2.75, 3.05) is 31.6 Å². The van der Waals surface area contributed by atoms with E-state index in [0.717, 1.165) is 31.7 Å². The summed E-state index contributed by atoms with van der Waals surface area (Å²) in [7, 11) is 2.04. The largest absolute Gasteiger partial charge is 0.375 e. The lowest BCUT2D eigenvalue weighted by Gasteiger charge is -2.19. The van der Waals surface area contributed by atoms with Crippen LogP contribution in [0, 0.1) is 5.82 Å². The van der Waals surface area contributed by atoms with Gasteiger partial charge in [0.15, 0.2) is 0 Å². The average molecular weight is 224 g/mol. The molecule has 0 unspecified atom stereocenters. The Hall–Kier alpha value is -1.09. The van der Waals surface area contributed by atoms with Crippen LogP contribution in [0.2, 0.25) is 0 Å². The van der Waals surface area contributed by atoms with Crippen molar-refractivity contribution < 1.29 is 4.39 Å². The molecule has 1 N–H and O–H groups in total. The summed E-state index contributed by atoms with van der Waals surface area (Å²) in [6.45, 7) is 5.24. The van der Waals surface area contributed by atoms with Gasteiger partial charge in [-0.2, -0.15) is 0 Å². The number of hydrogen-bond acceptors (Lipinski definition) is 2. The van der Waals surface area contributed by atoms with Gasteiger partial charge in [0.05, 0.1) is 0 Å². The molecule has 0 bridgehead atoms. The molecule has 0 amide bonds. The minimum Gasteiger partial charge on any atom is -0.375 e. The molecule has 0 saturated heterocycles. The molecule has 16 heavy (non-hydrogen) atoms. The summed E-state index contributed by atoms with van der Waals surface area (Å²) >= 11 is 0. The predicted molar refractivity (Wildman–Crippen MR) is 67.4 cm³/mol. The van der Waals surface area contributed by atoms with Crippen molar-refractivity contribution in [3.05, 3.63) is 30.1 Å². The first-order valence-corrected chi connectivity index (χ1v) is 5.91. The maximum Gasteiger partial charge on any atom is 0.123 e. The van der Waals surface area contributed by atoms with Crippen LogP contribution in [-0.4, -0.2) is 26.7 Å². The molecule has 0 aliphatic carbocycles. The fourth-order valence-corrected chi connectivity index (χ4v) is 1.60. The predicted octanol–water partition coefficient (Wildman–Crippen LogP) is 2.65. The second-order valence-corrected chi connectivity index (χ2v) is 3.96. The third-order valence-corrected chi connectivity index (χ3v) is 2.61. The maximum absolute atomic E-state index is 12.7. The van der Waals surface area contributed by atoms with Crippen LogP contribution in [0.15, 0.2) is 24.3 Å². The van der Waals surface area contributed by atoms with Gasteiger partial charge in [-0.1, -0.05) is 6.92 Å². The van der Waals surface area contributed by atoms with Crippen molar-refractivity contribution in [3.63, 3.8) is 0 Å². The summed E-state index contributed by atoms with van der Waals surface area (Å²) in [5.74, 6) is -0.177. The molecule has 2 nitrogen and oxygen atoms in total. The SMILES string of the molecule is CCNCCCCN(C)c1ccc(F)cc1. The lowest BCUT2D eigenvalue weighted by Crippen LogP contribution is -2.20. The third kappa shape index (κ3) is 4.62. The molecule has 0 spiro atoms. The minimum absolute atomic E-state index is 0.177. The second kappa shape index (κ2) is 7.23. The van der Waals surface area contributed by atoms with Crippen LogP contribution in [0.4, 0.5) is 10.1 Å². The van der Waals surface area contributed by atoms with Crippen LogP contribution < -0.4 is 10.2 Å². The molecule has 0 aliphatic heterocycles. The molecule has 0 aromatic heterocycles. The van der Waals surface area contributed by atoms with E-state index in [1.807, 2.05) is 19.2 Å². The average Bonchev–Trinajstić information content (AvgIpc) is 2.29. The number of anilines is 1. The first-order chi connectivity index (χ1) is 7.74. The fourth-order valence-electron chi connectivity index (χ4n) is 1.60. The Morgan fingerprint density at radius 3 is 2.50 bits per heavy atom. The molecule has 0 radical (unpaired) electrons. The summed E-state index contributed by atoms with van der Waals surface area (Å²) in [6.07, 6.45) is 2.33. The first kappa shape index (κ1) is 13.0. The summed E-state index contributed by atoms with van der Waals surface area (Å²) in [4.78, 5) is 2.16. The number of rotatable bonds is 7. The van der Waals surface area contributed by atoms with Crippen molar-refractivity contribution in [1.29, 1.82) is 0 Å². The second-order valence-electron chi connectivity index (χ2n) is 3.96. The lowest BCUT2D eigenvalue weighted by atomic mass is 10.2. The van der Waals surface area contributed by atoms with E-state index >= 15 is 0 Å². The van der Waals surface area contributed by atoms with Crippen LogP contribution in [0.3, 0.4) is 0 Å². The van der Waals surface area contributed by atoms with Crippen LogP contribution in [-0.2, 0) is 0 Å². The van der Waals surface area contributed by atoms with E-state index in [-0.39, 0.29) is 5.82 Å². The molecule has 1 aromatic carbocycles. The van der Waals surface area contributed by atoms with Gasteiger partial charge in [-0.05, 0) is 50.2 Å². The van der Waals surface area contributed by atoms with Crippen molar-refractivity contribution in [2.45, 2.75) is 19.8 Å². The Bertz CT molecular complexity index is 284. The number of hydrogen-bond donors (Lipinski definition) is 1. The number of nitrogens with zero attached hydrogens (tertiary/aromatic N) is 1. The van der Waals surface area contributed by atoms with E-state index in [1.165, 1.54) is 18.6 Å². The standard InChI is InChI=1S/C13H21FN2/c1-3-15-10-4-5-11-16(2)13-8-6-12(14)7-9-13/h6-9,15H,3-5,10-11H2,1-2H3. The van der Waals surface area contributed by atoms with E-state index in [0.29, 0.717) is 0 Å². The van der Waals surface area contributed by atoms with Crippen molar-refractivity contribution >= 4 is 5.69 Å². The number of unbranched alkanes of at least 4 members (excludes halogenated alkanes) is 1. The third-order valence-electron chi connectivity index (χ3n) is 2.61. The van der Waals surface area contributed by atoms with Gasteiger partial charge in [0.2, 0.25) is 0 Å². The zero-order valence-corrected chi connectivity index (χ0v) is 10.2. The van der Waals surface area contributed by atoms with Crippen LogP contribution in [0.25, 0.3) is 0 Å². The Morgan fingerprint density at radius 2 is 1.88 bits per heavy atom. The van der Waals surface area contributed by atoms with E-state index in [1.54, 1.807) is 0 Å². The molecule has 0 heterocycles. The van der Waals surface area contributed by atoms with Crippen molar-refractivity contribution in [3.8, 4) is 0 Å². The molecule has 90 valence electrons. The van der Waals surface area contributed by atoms with Crippen LogP contribution in [0.1, 0.15) is 19.8 Å². The monoisotopic (exact) mass is 224 g/mol. The number of halogens is 1.